The van der Waals surface area contributed by atoms with Gasteiger partial charge in [-0.2, -0.15) is 0 Å². The summed E-state index contributed by atoms with van der Waals surface area (Å²) < 4.78 is 1.16. The number of hydrogen-bond acceptors (Lipinski definition) is 2. The van der Waals surface area contributed by atoms with Gasteiger partial charge in [0.2, 0.25) is 0 Å². The van der Waals surface area contributed by atoms with Crippen LogP contribution in [-0.4, -0.2) is 27.1 Å². The SMILES string of the molecule is C[S+]=C1SCCc2ccccc2/C1=[NH+]\O. The molecule has 1 aliphatic heterocycles. The van der Waals surface area contributed by atoms with Gasteiger partial charge >= 0.3 is 9.91 Å². The number of nitrogens with one attached hydrogen (secondary N) is 1. The van der Waals surface area contributed by atoms with Gasteiger partial charge in [-0.05, 0) is 23.2 Å². The van der Waals surface area contributed by atoms with E-state index in [1.165, 1.54) is 5.56 Å². The van der Waals surface area contributed by atoms with Gasteiger partial charge < -0.3 is 0 Å². The zero-order chi connectivity index (χ0) is 10.7. The lowest BCUT2D eigenvalue weighted by Crippen LogP contribution is -2.71. The van der Waals surface area contributed by atoms with E-state index < -0.39 is 0 Å². The smallest absolute Gasteiger partial charge is 0.292 e. The molecule has 2 nitrogen and oxygen atoms in total. The van der Waals surface area contributed by atoms with Crippen molar-refractivity contribution in [3.05, 3.63) is 35.4 Å². The van der Waals surface area contributed by atoms with E-state index in [0.29, 0.717) is 0 Å². The molecule has 0 radical (unpaired) electrons. The zero-order valence-corrected chi connectivity index (χ0v) is 10.1. The lowest BCUT2D eigenvalue weighted by Gasteiger charge is -1.99. The van der Waals surface area contributed by atoms with Gasteiger partial charge in [-0.3, -0.25) is 5.21 Å². The lowest BCUT2D eigenvalue weighted by molar-refractivity contribution is -0.735. The molecule has 1 heterocycles. The van der Waals surface area contributed by atoms with Crippen molar-refractivity contribution in [2.24, 2.45) is 0 Å². The maximum absolute atomic E-state index is 9.23. The Labute approximate surface area is 97.3 Å². The largest absolute Gasteiger partial charge is 0.333 e. The Kier molecular flexibility index (Phi) is 3.38. The molecule has 0 fully saturated rings. The molecule has 15 heavy (non-hydrogen) atoms. The van der Waals surface area contributed by atoms with Crippen LogP contribution in [0, 0.1) is 0 Å². The Balaban J connectivity index is 2.56. The zero-order valence-electron chi connectivity index (χ0n) is 8.49. The third-order valence-corrected chi connectivity index (χ3v) is 4.70. The summed E-state index contributed by atoms with van der Waals surface area (Å²) in [6.45, 7) is 0. The molecule has 1 aromatic rings. The normalized spacial score (nSPS) is 21.4. The van der Waals surface area contributed by atoms with E-state index in [2.05, 4.69) is 17.3 Å². The molecular formula is C11H13NOS2+2. The summed E-state index contributed by atoms with van der Waals surface area (Å²) in [7, 11) is 0. The standard InChI is InChI=1S/C11H11NOS2/c1-14-11-10(12-13)9-5-3-2-4-8(9)6-7-15-11/h2-5H,6-7H2,1H3/p+2/b12-10+. The number of aryl methyl sites for hydroxylation is 1. The fraction of sp³-hybridized carbons (Fsp3) is 0.273. The molecule has 0 saturated carbocycles. The fourth-order valence-electron chi connectivity index (χ4n) is 1.68. The quantitative estimate of drug-likeness (QED) is 0.291. The molecule has 0 saturated heterocycles. The molecule has 0 aromatic heterocycles. The first-order chi connectivity index (χ1) is 7.36. The first kappa shape index (κ1) is 10.6. The third-order valence-electron chi connectivity index (χ3n) is 2.39. The molecule has 0 aliphatic carbocycles. The van der Waals surface area contributed by atoms with Gasteiger partial charge in [-0.1, -0.05) is 30.0 Å². The van der Waals surface area contributed by atoms with Crippen molar-refractivity contribution >= 4 is 33.0 Å². The monoisotopic (exact) mass is 239 g/mol. The van der Waals surface area contributed by atoms with Crippen LogP contribution >= 0.6 is 11.8 Å². The Morgan fingerprint density at radius 3 is 2.93 bits per heavy atom. The van der Waals surface area contributed by atoms with Crippen LogP contribution in [0.4, 0.5) is 0 Å². The van der Waals surface area contributed by atoms with Crippen LogP contribution in [0.5, 0.6) is 0 Å². The highest BCUT2D eigenvalue weighted by Crippen LogP contribution is 2.20. The van der Waals surface area contributed by atoms with Gasteiger partial charge in [0.15, 0.2) is 17.6 Å². The van der Waals surface area contributed by atoms with E-state index in [1.54, 1.807) is 23.1 Å². The molecule has 2 N–H and O–H groups in total. The Hall–Kier alpha value is -0.870. The van der Waals surface area contributed by atoms with E-state index in [0.717, 1.165) is 27.6 Å². The first-order valence-electron chi connectivity index (χ1n) is 4.76. The van der Waals surface area contributed by atoms with Crippen LogP contribution in [0.3, 0.4) is 0 Å². The third kappa shape index (κ3) is 2.06. The number of benzene rings is 1. The molecule has 78 valence electrons. The van der Waals surface area contributed by atoms with Crippen LogP contribution in [-0.2, 0) is 17.8 Å². The molecule has 0 amide bonds. The second-order valence-electron chi connectivity index (χ2n) is 3.23. The minimum Gasteiger partial charge on any atom is -0.292 e. The summed E-state index contributed by atoms with van der Waals surface area (Å²) in [6, 6.07) is 8.22. The Bertz CT molecular complexity index is 426. The molecule has 0 atom stereocenters. The molecule has 2 rings (SSSR count). The molecule has 0 unspecified atom stereocenters. The number of thioether (sulfide) groups is 1. The predicted octanol–water partition coefficient (Wildman–Crippen LogP) is 0.0771. The van der Waals surface area contributed by atoms with Gasteiger partial charge in [-0.15, -0.1) is 0 Å². The average molecular weight is 239 g/mol. The van der Waals surface area contributed by atoms with Gasteiger partial charge in [0.05, 0.1) is 5.56 Å². The highest BCUT2D eigenvalue weighted by molar-refractivity contribution is 8.24. The number of hydrogen-bond donors (Lipinski definition) is 2. The predicted molar refractivity (Wildman–Crippen MR) is 67.8 cm³/mol. The second kappa shape index (κ2) is 4.77. The molecule has 1 aromatic carbocycles. The van der Waals surface area contributed by atoms with Crippen LogP contribution in [0.1, 0.15) is 11.1 Å². The Morgan fingerprint density at radius 1 is 1.40 bits per heavy atom. The maximum Gasteiger partial charge on any atom is 0.333 e. The molecular weight excluding hydrogens is 226 g/mol. The second-order valence-corrected chi connectivity index (χ2v) is 5.41. The minimum atomic E-state index is 0.848. The maximum atomic E-state index is 9.23. The minimum absolute atomic E-state index is 0.848. The topological polar surface area (TPSA) is 34.2 Å². The molecule has 0 bridgehead atoms. The van der Waals surface area contributed by atoms with Crippen molar-refractivity contribution in [2.75, 3.05) is 12.0 Å². The van der Waals surface area contributed by atoms with Gasteiger partial charge in [0, 0.05) is 5.75 Å². The number of fused-ring (bicyclic) bond motifs is 1. The van der Waals surface area contributed by atoms with Gasteiger partial charge in [0.1, 0.15) is 0 Å². The van der Waals surface area contributed by atoms with E-state index >= 15 is 0 Å². The molecule has 1 aliphatic rings. The highest BCUT2D eigenvalue weighted by Gasteiger charge is 2.31. The van der Waals surface area contributed by atoms with Crippen LogP contribution < -0.4 is 5.16 Å². The summed E-state index contributed by atoms with van der Waals surface area (Å²) in [5.74, 6) is 1.07. The van der Waals surface area contributed by atoms with Gasteiger partial charge in [-0.25, -0.2) is 0 Å². The van der Waals surface area contributed by atoms with Crippen molar-refractivity contribution in [3.63, 3.8) is 0 Å². The van der Waals surface area contributed by atoms with Gasteiger partial charge in [0.25, 0.3) is 0 Å². The summed E-state index contributed by atoms with van der Waals surface area (Å²) in [5.41, 5.74) is 3.26. The lowest BCUT2D eigenvalue weighted by atomic mass is 10.0. The number of rotatable bonds is 0. The van der Waals surface area contributed by atoms with Crippen LogP contribution in [0.15, 0.2) is 24.3 Å². The van der Waals surface area contributed by atoms with Crippen LogP contribution in [0.2, 0.25) is 0 Å². The van der Waals surface area contributed by atoms with E-state index in [1.807, 2.05) is 18.4 Å². The average Bonchev–Trinajstić information content (AvgIpc) is 2.47. The molecule has 4 heteroatoms. The van der Waals surface area contributed by atoms with Crippen molar-refractivity contribution in [3.8, 4) is 0 Å². The summed E-state index contributed by atoms with van der Waals surface area (Å²) in [6.07, 6.45) is 3.09. The summed E-state index contributed by atoms with van der Waals surface area (Å²) in [4.78, 5) is 0. The van der Waals surface area contributed by atoms with Crippen molar-refractivity contribution in [1.29, 1.82) is 0 Å². The van der Waals surface area contributed by atoms with E-state index in [-0.39, 0.29) is 0 Å². The van der Waals surface area contributed by atoms with E-state index in [4.69, 9.17) is 0 Å². The van der Waals surface area contributed by atoms with Crippen molar-refractivity contribution in [2.45, 2.75) is 6.42 Å². The Morgan fingerprint density at radius 2 is 2.20 bits per heavy atom. The highest BCUT2D eigenvalue weighted by atomic mass is 32.2. The molecule has 0 spiro atoms. The first-order valence-corrected chi connectivity index (χ1v) is 6.97. The van der Waals surface area contributed by atoms with Crippen molar-refractivity contribution in [1.82, 2.24) is 0 Å². The summed E-state index contributed by atoms with van der Waals surface area (Å²) in [5, 5.41) is 11.6. The van der Waals surface area contributed by atoms with Crippen molar-refractivity contribution < 1.29 is 10.4 Å². The van der Waals surface area contributed by atoms with E-state index in [9.17, 15) is 5.21 Å². The van der Waals surface area contributed by atoms with Crippen LogP contribution in [0.25, 0.3) is 0 Å². The summed E-state index contributed by atoms with van der Waals surface area (Å²) >= 11 is 3.47. The fourth-order valence-corrected chi connectivity index (χ4v) is 3.57.